The number of pyridine rings is 2. The molecule has 43 heavy (non-hydrogen) atoms. The summed E-state index contributed by atoms with van der Waals surface area (Å²) in [5, 5.41) is 1.29. The largest absolute Gasteiger partial charge is 0.289 e. The van der Waals surface area contributed by atoms with Crippen LogP contribution in [0.3, 0.4) is 0 Å². The average molecular weight is 610 g/mol. The number of halogens is 2. The van der Waals surface area contributed by atoms with Crippen LogP contribution >= 0.6 is 23.2 Å². The lowest BCUT2D eigenvalue weighted by Crippen LogP contribution is -2.25. The molecule has 0 saturated heterocycles. The molecule has 0 amide bonds. The van der Waals surface area contributed by atoms with Crippen LogP contribution in [0.2, 0.25) is 10.0 Å². The van der Waals surface area contributed by atoms with Crippen molar-refractivity contribution in [3.8, 4) is 22.5 Å². The molecular formula is C33H26Cl2N6O2. The summed E-state index contributed by atoms with van der Waals surface area (Å²) in [7, 11) is 0. The number of fused-ring (bicyclic) bond motifs is 2. The molecule has 214 valence electrons. The summed E-state index contributed by atoms with van der Waals surface area (Å²) in [6.45, 7) is 0.718. The van der Waals surface area contributed by atoms with Gasteiger partial charge in [0, 0.05) is 46.2 Å². The third kappa shape index (κ3) is 5.68. The van der Waals surface area contributed by atoms with Gasteiger partial charge in [-0.25, -0.2) is 19.9 Å². The molecule has 0 N–H and O–H groups in total. The highest BCUT2D eigenvalue weighted by atomic mass is 35.5. The Bertz CT molecular complexity index is 2080. The summed E-state index contributed by atoms with van der Waals surface area (Å²) in [5.74, 6) is 0.586. The molecule has 6 aromatic rings. The number of aromatic nitrogens is 6. The topological polar surface area (TPSA) is 95.6 Å². The van der Waals surface area contributed by atoms with Crippen LogP contribution in [0.4, 0.5) is 0 Å². The van der Waals surface area contributed by atoms with E-state index in [2.05, 4.69) is 19.9 Å². The predicted molar refractivity (Wildman–Crippen MR) is 169 cm³/mol. The predicted octanol–water partition coefficient (Wildman–Crippen LogP) is 6.97. The van der Waals surface area contributed by atoms with Gasteiger partial charge in [-0.05, 0) is 80.1 Å². The first-order valence-electron chi connectivity index (χ1n) is 14.2. The third-order valence-corrected chi connectivity index (χ3v) is 8.14. The Hall–Kier alpha value is -4.40. The van der Waals surface area contributed by atoms with Crippen molar-refractivity contribution in [1.29, 1.82) is 0 Å². The summed E-state index contributed by atoms with van der Waals surface area (Å²) in [4.78, 5) is 43.3. The van der Waals surface area contributed by atoms with Gasteiger partial charge in [-0.2, -0.15) is 0 Å². The molecule has 2 aromatic carbocycles. The van der Waals surface area contributed by atoms with E-state index in [1.807, 2.05) is 48.5 Å². The van der Waals surface area contributed by atoms with Crippen LogP contribution in [-0.4, -0.2) is 29.1 Å². The van der Waals surface area contributed by atoms with Crippen molar-refractivity contribution in [2.45, 2.75) is 38.3 Å². The minimum absolute atomic E-state index is 0.0778. The highest BCUT2D eigenvalue weighted by molar-refractivity contribution is 6.30. The summed E-state index contributed by atoms with van der Waals surface area (Å²) >= 11 is 11.8. The van der Waals surface area contributed by atoms with E-state index in [4.69, 9.17) is 23.2 Å². The lowest BCUT2D eigenvalue weighted by molar-refractivity contribution is 0.620. The first-order valence-corrected chi connectivity index (χ1v) is 15.0. The Kier molecular flexibility index (Phi) is 7.24. The van der Waals surface area contributed by atoms with E-state index >= 15 is 0 Å². The van der Waals surface area contributed by atoms with Gasteiger partial charge >= 0.3 is 0 Å². The van der Waals surface area contributed by atoms with E-state index in [9.17, 15) is 9.59 Å². The minimum Gasteiger partial charge on any atom is -0.289 e. The minimum atomic E-state index is -0.0829. The van der Waals surface area contributed by atoms with Crippen LogP contribution in [0.15, 0.2) is 94.8 Å². The van der Waals surface area contributed by atoms with Crippen LogP contribution in [0, 0.1) is 5.92 Å². The van der Waals surface area contributed by atoms with E-state index < -0.39 is 0 Å². The molecule has 0 bridgehead atoms. The fourth-order valence-corrected chi connectivity index (χ4v) is 5.36. The number of rotatable bonds is 5. The van der Waals surface area contributed by atoms with E-state index in [0.29, 0.717) is 38.6 Å². The van der Waals surface area contributed by atoms with E-state index in [1.165, 1.54) is 12.8 Å². The smallest absolute Gasteiger partial charge is 0.278 e. The molecule has 0 aliphatic heterocycles. The highest BCUT2D eigenvalue weighted by Gasteiger charge is 2.28. The van der Waals surface area contributed by atoms with Crippen molar-refractivity contribution in [1.82, 2.24) is 29.1 Å². The zero-order valence-corrected chi connectivity index (χ0v) is 24.5. The zero-order chi connectivity index (χ0) is 29.5. The highest BCUT2D eigenvalue weighted by Crippen LogP contribution is 2.36. The van der Waals surface area contributed by atoms with Crippen molar-refractivity contribution in [2.75, 3.05) is 0 Å². The standard InChI is InChI=1S/C17H14ClN3O.C16H12ClN3O/c18-13-7-5-12(6-8-13)15-17(22)21(10-11-3-4-11)16-14(20-15)2-1-9-19-16;17-11-5-3-10(4-6-11)14-16(21)20(12-7-8-12)15-13(19-14)2-1-9-18-15/h1-2,5-9,11H,3-4,10H2;1-6,9,12H,7-8H2. The lowest BCUT2D eigenvalue weighted by Gasteiger charge is -2.11. The van der Waals surface area contributed by atoms with Crippen molar-refractivity contribution < 1.29 is 0 Å². The van der Waals surface area contributed by atoms with Gasteiger partial charge in [0.25, 0.3) is 11.1 Å². The quantitative estimate of drug-likeness (QED) is 0.210. The molecule has 2 fully saturated rings. The zero-order valence-electron chi connectivity index (χ0n) is 23.0. The molecule has 8 rings (SSSR count). The number of hydrogen-bond acceptors (Lipinski definition) is 6. The maximum atomic E-state index is 12.9. The van der Waals surface area contributed by atoms with Crippen LogP contribution in [0.1, 0.15) is 31.7 Å². The fourth-order valence-electron chi connectivity index (χ4n) is 5.11. The fraction of sp³-hybridized carbons (Fsp3) is 0.212. The van der Waals surface area contributed by atoms with Crippen molar-refractivity contribution >= 4 is 45.5 Å². The molecule has 0 unspecified atom stereocenters. The van der Waals surface area contributed by atoms with Crippen LogP contribution in [0.5, 0.6) is 0 Å². The maximum absolute atomic E-state index is 12.9. The summed E-state index contributed by atoms with van der Waals surface area (Å²) < 4.78 is 3.55. The summed E-state index contributed by atoms with van der Waals surface area (Å²) in [6.07, 6.45) is 7.81. The first kappa shape index (κ1) is 27.4. The van der Waals surface area contributed by atoms with Gasteiger partial charge in [0.2, 0.25) is 0 Å². The molecule has 10 heteroatoms. The second kappa shape index (κ2) is 11.4. The number of nitrogens with zero attached hydrogens (tertiary/aromatic N) is 6. The van der Waals surface area contributed by atoms with Crippen molar-refractivity contribution in [3.05, 3.63) is 116 Å². The monoisotopic (exact) mass is 608 g/mol. The van der Waals surface area contributed by atoms with E-state index in [-0.39, 0.29) is 17.2 Å². The first-order chi connectivity index (χ1) is 21.0. The van der Waals surface area contributed by atoms with Gasteiger partial charge in [0.1, 0.15) is 22.4 Å². The molecular weight excluding hydrogens is 583 g/mol. The molecule has 2 aliphatic rings. The second-order valence-electron chi connectivity index (χ2n) is 10.9. The van der Waals surface area contributed by atoms with Gasteiger partial charge < -0.3 is 0 Å². The van der Waals surface area contributed by atoms with Crippen molar-refractivity contribution in [2.24, 2.45) is 5.92 Å². The molecule has 4 heterocycles. The van der Waals surface area contributed by atoms with Gasteiger partial charge in [-0.1, -0.05) is 47.5 Å². The van der Waals surface area contributed by atoms with E-state index in [0.717, 1.165) is 41.5 Å². The summed E-state index contributed by atoms with van der Waals surface area (Å²) in [5.41, 5.74) is 5.14. The third-order valence-electron chi connectivity index (χ3n) is 7.63. The molecule has 4 aromatic heterocycles. The molecule has 0 atom stereocenters. The summed E-state index contributed by atoms with van der Waals surface area (Å²) in [6, 6.07) is 22.1. The Labute approximate surface area is 256 Å². The van der Waals surface area contributed by atoms with Gasteiger partial charge in [-0.3, -0.25) is 18.7 Å². The second-order valence-corrected chi connectivity index (χ2v) is 11.8. The molecule has 0 radical (unpaired) electrons. The average Bonchev–Trinajstić information content (AvgIpc) is 3.96. The molecule has 2 aliphatic carbocycles. The number of benzene rings is 2. The molecule has 8 nitrogen and oxygen atoms in total. The van der Waals surface area contributed by atoms with Gasteiger partial charge in [0.05, 0.1) is 0 Å². The normalized spacial score (nSPS) is 14.5. The van der Waals surface area contributed by atoms with Crippen molar-refractivity contribution in [3.63, 3.8) is 0 Å². The maximum Gasteiger partial charge on any atom is 0.278 e. The Morgan fingerprint density at radius 1 is 0.651 bits per heavy atom. The van der Waals surface area contributed by atoms with Crippen LogP contribution in [0.25, 0.3) is 44.8 Å². The molecule has 2 saturated carbocycles. The van der Waals surface area contributed by atoms with Gasteiger partial charge in [-0.15, -0.1) is 0 Å². The van der Waals surface area contributed by atoms with E-state index in [1.54, 1.807) is 45.8 Å². The lowest BCUT2D eigenvalue weighted by atomic mass is 10.1. The SMILES string of the molecule is O=c1c(-c2ccc(Cl)cc2)nc2cccnc2n1C1CC1.O=c1c(-c2ccc(Cl)cc2)nc2cccnc2n1CC1CC1. The van der Waals surface area contributed by atoms with Crippen LogP contribution in [-0.2, 0) is 6.54 Å². The Morgan fingerprint density at radius 2 is 1.16 bits per heavy atom. The number of hydrogen-bond donors (Lipinski definition) is 0. The molecule has 0 spiro atoms. The van der Waals surface area contributed by atoms with Gasteiger partial charge in [0.15, 0.2) is 11.3 Å². The van der Waals surface area contributed by atoms with Crippen LogP contribution < -0.4 is 11.1 Å². The Morgan fingerprint density at radius 3 is 1.70 bits per heavy atom. The Balaban J connectivity index is 0.000000140.